The molecule has 0 saturated carbocycles. The van der Waals surface area contributed by atoms with Gasteiger partial charge < -0.3 is 10.2 Å². The fraction of sp³-hybridized carbons (Fsp3) is 0.200. The van der Waals surface area contributed by atoms with Gasteiger partial charge in [-0.3, -0.25) is 4.79 Å². The van der Waals surface area contributed by atoms with Gasteiger partial charge in [-0.2, -0.15) is 5.10 Å². The molecule has 4 rings (SSSR count). The van der Waals surface area contributed by atoms with Crippen LogP contribution >= 0.6 is 11.6 Å². The molecule has 1 aromatic heterocycles. The van der Waals surface area contributed by atoms with Gasteiger partial charge >= 0.3 is 0 Å². The number of rotatable bonds is 4. The first-order valence-corrected chi connectivity index (χ1v) is 9.01. The second-order valence-corrected chi connectivity index (χ2v) is 6.71. The predicted octanol–water partition coefficient (Wildman–Crippen LogP) is 4.16. The molecule has 0 fully saturated rings. The second kappa shape index (κ2) is 6.84. The third kappa shape index (κ3) is 3.18. The van der Waals surface area contributed by atoms with Gasteiger partial charge in [-0.05, 0) is 55.3 Å². The normalized spacial score (nSPS) is 12.9. The first-order valence-electron chi connectivity index (χ1n) is 8.64. The zero-order chi connectivity index (χ0) is 18.1. The van der Waals surface area contributed by atoms with Crippen molar-refractivity contribution in [3.8, 4) is 5.69 Å². The quantitative estimate of drug-likeness (QED) is 0.754. The highest BCUT2D eigenvalue weighted by Crippen LogP contribution is 2.30. The van der Waals surface area contributed by atoms with Crippen molar-refractivity contribution < 1.29 is 4.79 Å². The zero-order valence-electron chi connectivity index (χ0n) is 14.4. The van der Waals surface area contributed by atoms with E-state index < -0.39 is 0 Å². The molecule has 2 heterocycles. The molecule has 26 heavy (non-hydrogen) atoms. The largest absolute Gasteiger partial charge is 0.371 e. The fourth-order valence-electron chi connectivity index (χ4n) is 3.23. The summed E-state index contributed by atoms with van der Waals surface area (Å²) in [5.41, 5.74) is 4.70. The van der Waals surface area contributed by atoms with Crippen molar-refractivity contribution >= 4 is 28.9 Å². The molecule has 0 saturated heterocycles. The summed E-state index contributed by atoms with van der Waals surface area (Å²) in [6.45, 7) is 4.15. The summed E-state index contributed by atoms with van der Waals surface area (Å²) in [7, 11) is 0. The van der Waals surface area contributed by atoms with Crippen LogP contribution in [0.1, 0.15) is 22.8 Å². The molecule has 1 aliphatic heterocycles. The number of amides is 1. The van der Waals surface area contributed by atoms with Gasteiger partial charge in [0.2, 0.25) is 0 Å². The molecule has 1 amide bonds. The Labute approximate surface area is 157 Å². The number of nitrogens with one attached hydrogen (secondary N) is 1. The van der Waals surface area contributed by atoms with Crippen LogP contribution in [0.15, 0.2) is 54.9 Å². The molecule has 1 aliphatic rings. The Morgan fingerprint density at radius 1 is 1.23 bits per heavy atom. The highest BCUT2D eigenvalue weighted by molar-refractivity contribution is 6.30. The number of fused-ring (bicyclic) bond motifs is 1. The molecule has 0 aliphatic carbocycles. The number of aromatic nitrogens is 2. The molecule has 2 aromatic carbocycles. The van der Waals surface area contributed by atoms with Crippen molar-refractivity contribution in [3.63, 3.8) is 0 Å². The molecule has 0 unspecified atom stereocenters. The molecule has 0 spiro atoms. The van der Waals surface area contributed by atoms with E-state index >= 15 is 0 Å². The van der Waals surface area contributed by atoms with Gasteiger partial charge in [0.05, 0.1) is 17.4 Å². The van der Waals surface area contributed by atoms with Gasteiger partial charge in [0.1, 0.15) is 0 Å². The number of carbonyl (C=O) groups is 1. The van der Waals surface area contributed by atoms with Crippen molar-refractivity contribution in [1.29, 1.82) is 0 Å². The molecule has 3 aromatic rings. The van der Waals surface area contributed by atoms with Crippen LogP contribution in [0.25, 0.3) is 5.69 Å². The minimum absolute atomic E-state index is 0.175. The van der Waals surface area contributed by atoms with Crippen LogP contribution in [0.5, 0.6) is 0 Å². The lowest BCUT2D eigenvalue weighted by molar-refractivity contribution is 0.102. The van der Waals surface area contributed by atoms with Crippen molar-refractivity contribution in [2.75, 3.05) is 23.3 Å². The predicted molar refractivity (Wildman–Crippen MR) is 105 cm³/mol. The van der Waals surface area contributed by atoms with Crippen LogP contribution in [0.2, 0.25) is 5.02 Å². The maximum atomic E-state index is 12.6. The Hall–Kier alpha value is -2.79. The van der Waals surface area contributed by atoms with Gasteiger partial charge in [0.25, 0.3) is 5.91 Å². The average molecular weight is 367 g/mol. The topological polar surface area (TPSA) is 50.2 Å². The Bertz CT molecular complexity index is 949. The van der Waals surface area contributed by atoms with Gasteiger partial charge in [0, 0.05) is 35.7 Å². The van der Waals surface area contributed by atoms with Crippen LogP contribution < -0.4 is 10.2 Å². The number of likely N-dealkylation sites (N-methyl/N-ethyl adjacent to an activating group) is 1. The summed E-state index contributed by atoms with van der Waals surface area (Å²) in [4.78, 5) is 14.9. The number of hydrogen-bond donors (Lipinski definition) is 1. The summed E-state index contributed by atoms with van der Waals surface area (Å²) in [5, 5.41) is 7.90. The Kier molecular flexibility index (Phi) is 4.39. The lowest BCUT2D eigenvalue weighted by Crippen LogP contribution is -2.19. The van der Waals surface area contributed by atoms with E-state index in [0.717, 1.165) is 30.9 Å². The number of nitrogens with zero attached hydrogens (tertiary/aromatic N) is 3. The van der Waals surface area contributed by atoms with Crippen LogP contribution in [0, 0.1) is 0 Å². The molecule has 0 radical (unpaired) electrons. The fourth-order valence-corrected chi connectivity index (χ4v) is 3.36. The molecular weight excluding hydrogens is 348 g/mol. The van der Waals surface area contributed by atoms with E-state index in [9.17, 15) is 4.79 Å². The van der Waals surface area contributed by atoms with Gasteiger partial charge in [-0.15, -0.1) is 0 Å². The van der Waals surface area contributed by atoms with Crippen LogP contribution in [-0.4, -0.2) is 28.8 Å². The summed E-state index contributed by atoms with van der Waals surface area (Å²) in [5.74, 6) is -0.175. The maximum absolute atomic E-state index is 12.6. The van der Waals surface area contributed by atoms with Gasteiger partial charge in [-0.25, -0.2) is 4.68 Å². The summed E-state index contributed by atoms with van der Waals surface area (Å²) in [6.07, 6.45) is 4.34. The minimum Gasteiger partial charge on any atom is -0.371 e. The monoisotopic (exact) mass is 366 g/mol. The van der Waals surface area contributed by atoms with Gasteiger partial charge in [0.15, 0.2) is 0 Å². The molecule has 0 atom stereocenters. The smallest absolute Gasteiger partial charge is 0.258 e. The Morgan fingerprint density at radius 2 is 2.04 bits per heavy atom. The number of carbonyl (C=O) groups excluding carboxylic acids is 1. The second-order valence-electron chi connectivity index (χ2n) is 6.28. The van der Waals surface area contributed by atoms with E-state index in [0.29, 0.717) is 10.6 Å². The zero-order valence-corrected chi connectivity index (χ0v) is 15.2. The van der Waals surface area contributed by atoms with Crippen molar-refractivity contribution in [2.24, 2.45) is 0 Å². The minimum atomic E-state index is -0.175. The molecular formula is C20H19ClN4O. The lowest BCUT2D eigenvalue weighted by Gasteiger charge is -2.17. The molecule has 6 heteroatoms. The van der Waals surface area contributed by atoms with Crippen molar-refractivity contribution in [1.82, 2.24) is 9.78 Å². The summed E-state index contributed by atoms with van der Waals surface area (Å²) in [6, 6.07) is 13.4. The van der Waals surface area contributed by atoms with Crippen LogP contribution in [-0.2, 0) is 6.42 Å². The number of benzene rings is 2. The maximum Gasteiger partial charge on any atom is 0.258 e. The third-order valence-electron chi connectivity index (χ3n) is 4.65. The van der Waals surface area contributed by atoms with E-state index in [4.69, 9.17) is 11.6 Å². The Balaban J connectivity index is 1.52. The average Bonchev–Trinajstić information content (AvgIpc) is 3.29. The van der Waals surface area contributed by atoms with Crippen molar-refractivity contribution in [3.05, 3.63) is 71.0 Å². The number of anilines is 2. The number of halogens is 1. The van der Waals surface area contributed by atoms with Crippen LogP contribution in [0.4, 0.5) is 11.4 Å². The summed E-state index contributed by atoms with van der Waals surface area (Å²) >= 11 is 5.91. The standard InChI is InChI=1S/C20H19ClN4O/c1-2-24-10-9-14-3-6-17(11-19(14)24)23-20(26)15-12-22-25(13-15)18-7-4-16(21)5-8-18/h3-8,11-13H,2,9-10H2,1H3,(H,23,26). The highest BCUT2D eigenvalue weighted by atomic mass is 35.5. The lowest BCUT2D eigenvalue weighted by atomic mass is 10.1. The third-order valence-corrected chi connectivity index (χ3v) is 4.90. The Morgan fingerprint density at radius 3 is 2.81 bits per heavy atom. The SMILES string of the molecule is CCN1CCc2ccc(NC(=O)c3cnn(-c4ccc(Cl)cc4)c3)cc21. The van der Waals surface area contributed by atoms with Gasteiger partial charge in [-0.1, -0.05) is 17.7 Å². The number of hydrogen-bond acceptors (Lipinski definition) is 3. The highest BCUT2D eigenvalue weighted by Gasteiger charge is 2.18. The van der Waals surface area contributed by atoms with Crippen molar-refractivity contribution in [2.45, 2.75) is 13.3 Å². The van der Waals surface area contributed by atoms with E-state index in [2.05, 4.69) is 28.3 Å². The molecule has 1 N–H and O–H groups in total. The molecule has 5 nitrogen and oxygen atoms in total. The van der Waals surface area contributed by atoms with E-state index in [1.807, 2.05) is 24.3 Å². The van der Waals surface area contributed by atoms with E-state index in [1.54, 1.807) is 29.2 Å². The van der Waals surface area contributed by atoms with Crippen LogP contribution in [0.3, 0.4) is 0 Å². The first-order chi connectivity index (χ1) is 12.6. The molecule has 132 valence electrons. The van der Waals surface area contributed by atoms with E-state index in [-0.39, 0.29) is 5.91 Å². The molecule has 0 bridgehead atoms. The van der Waals surface area contributed by atoms with E-state index in [1.165, 1.54) is 11.3 Å². The first kappa shape index (κ1) is 16.7. The summed E-state index contributed by atoms with van der Waals surface area (Å²) < 4.78 is 1.66.